The van der Waals surface area contributed by atoms with Crippen molar-refractivity contribution in [3.8, 4) is 0 Å². The van der Waals surface area contributed by atoms with Gasteiger partial charge in [-0.2, -0.15) is 0 Å². The zero-order chi connectivity index (χ0) is 13.5. The van der Waals surface area contributed by atoms with E-state index in [4.69, 9.17) is 5.11 Å². The van der Waals surface area contributed by atoms with Crippen LogP contribution >= 0.6 is 11.8 Å². The summed E-state index contributed by atoms with van der Waals surface area (Å²) < 4.78 is 0. The lowest BCUT2D eigenvalue weighted by molar-refractivity contribution is -0.115. The summed E-state index contributed by atoms with van der Waals surface area (Å²) in [6, 6.07) is 7.76. The number of aliphatic hydroxyl groups is 1. The van der Waals surface area contributed by atoms with Crippen molar-refractivity contribution in [2.75, 3.05) is 17.7 Å². The van der Waals surface area contributed by atoms with E-state index in [1.54, 1.807) is 11.8 Å². The third-order valence-electron chi connectivity index (χ3n) is 2.60. The van der Waals surface area contributed by atoms with Crippen LogP contribution in [0.1, 0.15) is 19.4 Å². The molecule has 3 nitrogen and oxygen atoms in total. The van der Waals surface area contributed by atoms with Crippen LogP contribution in [0, 0.1) is 12.8 Å². The van der Waals surface area contributed by atoms with Crippen LogP contribution in [0.5, 0.6) is 0 Å². The summed E-state index contributed by atoms with van der Waals surface area (Å²) in [6.07, 6.45) is 0. The van der Waals surface area contributed by atoms with Gasteiger partial charge in [-0.05, 0) is 43.2 Å². The van der Waals surface area contributed by atoms with Crippen LogP contribution in [-0.4, -0.2) is 28.6 Å². The number of thioether (sulfide) groups is 1. The predicted molar refractivity (Wildman–Crippen MR) is 78.0 cm³/mol. The molecule has 2 N–H and O–H groups in total. The van der Waals surface area contributed by atoms with E-state index in [2.05, 4.69) is 5.32 Å². The van der Waals surface area contributed by atoms with Crippen molar-refractivity contribution in [1.82, 2.24) is 0 Å². The number of benzene rings is 1. The van der Waals surface area contributed by atoms with E-state index >= 15 is 0 Å². The molecule has 1 aromatic rings. The first-order chi connectivity index (χ1) is 8.52. The number of hydrogen-bond acceptors (Lipinski definition) is 3. The number of carbonyl (C=O) groups is 1. The summed E-state index contributed by atoms with van der Waals surface area (Å²) in [5, 5.41) is 11.7. The van der Waals surface area contributed by atoms with Crippen LogP contribution in [0.4, 0.5) is 5.69 Å². The second kappa shape index (κ2) is 7.44. The smallest absolute Gasteiger partial charge is 0.237 e. The van der Waals surface area contributed by atoms with Gasteiger partial charge in [-0.1, -0.05) is 19.1 Å². The molecule has 2 atom stereocenters. The third kappa shape index (κ3) is 5.10. The van der Waals surface area contributed by atoms with E-state index < -0.39 is 0 Å². The molecule has 1 aromatic carbocycles. The zero-order valence-corrected chi connectivity index (χ0v) is 12.0. The topological polar surface area (TPSA) is 49.3 Å². The lowest BCUT2D eigenvalue weighted by Crippen LogP contribution is -2.23. The van der Waals surface area contributed by atoms with E-state index in [0.717, 1.165) is 17.0 Å². The lowest BCUT2D eigenvalue weighted by atomic mass is 10.2. The number of rotatable bonds is 6. The van der Waals surface area contributed by atoms with Gasteiger partial charge >= 0.3 is 0 Å². The van der Waals surface area contributed by atoms with Crippen LogP contribution in [0.3, 0.4) is 0 Å². The Labute approximate surface area is 113 Å². The van der Waals surface area contributed by atoms with Crippen molar-refractivity contribution in [2.24, 2.45) is 5.92 Å². The van der Waals surface area contributed by atoms with Gasteiger partial charge in [-0.25, -0.2) is 0 Å². The Bertz CT molecular complexity index is 395. The van der Waals surface area contributed by atoms with Gasteiger partial charge in [-0.3, -0.25) is 4.79 Å². The van der Waals surface area contributed by atoms with Crippen molar-refractivity contribution < 1.29 is 9.90 Å². The maximum atomic E-state index is 11.9. The molecule has 0 bridgehead atoms. The molecule has 0 aliphatic carbocycles. The van der Waals surface area contributed by atoms with E-state index in [9.17, 15) is 4.79 Å². The average Bonchev–Trinajstić information content (AvgIpc) is 2.35. The summed E-state index contributed by atoms with van der Waals surface area (Å²) in [6.45, 7) is 6.02. The minimum atomic E-state index is -0.112. The summed E-state index contributed by atoms with van der Waals surface area (Å²) >= 11 is 1.57. The molecular formula is C14H21NO2S. The number of nitrogens with one attached hydrogen (secondary N) is 1. The van der Waals surface area contributed by atoms with E-state index in [-0.39, 0.29) is 23.7 Å². The molecule has 2 unspecified atom stereocenters. The zero-order valence-electron chi connectivity index (χ0n) is 11.1. The van der Waals surface area contributed by atoms with Gasteiger partial charge in [0.05, 0.1) is 5.25 Å². The van der Waals surface area contributed by atoms with Gasteiger partial charge < -0.3 is 10.4 Å². The van der Waals surface area contributed by atoms with Crippen molar-refractivity contribution in [3.05, 3.63) is 29.8 Å². The SMILES string of the molecule is Cc1cccc(NC(=O)C(C)SCC(C)CO)c1. The average molecular weight is 267 g/mol. The van der Waals surface area contributed by atoms with Crippen molar-refractivity contribution in [1.29, 1.82) is 0 Å². The Kier molecular flexibility index (Phi) is 6.22. The van der Waals surface area contributed by atoms with Crippen LogP contribution in [-0.2, 0) is 4.79 Å². The molecule has 4 heteroatoms. The number of anilines is 1. The van der Waals surface area contributed by atoms with Crippen LogP contribution < -0.4 is 5.32 Å². The summed E-state index contributed by atoms with van der Waals surface area (Å²) in [4.78, 5) is 11.9. The number of carbonyl (C=O) groups excluding carboxylic acids is 1. The monoisotopic (exact) mass is 267 g/mol. The highest BCUT2D eigenvalue weighted by molar-refractivity contribution is 8.00. The lowest BCUT2D eigenvalue weighted by Gasteiger charge is -2.14. The van der Waals surface area contributed by atoms with Crippen molar-refractivity contribution in [2.45, 2.75) is 26.0 Å². The fourth-order valence-electron chi connectivity index (χ4n) is 1.40. The molecule has 18 heavy (non-hydrogen) atoms. The molecule has 0 saturated carbocycles. The fraction of sp³-hybridized carbons (Fsp3) is 0.500. The Hall–Kier alpha value is -1.00. The maximum absolute atomic E-state index is 11.9. The Morgan fingerprint density at radius 2 is 2.17 bits per heavy atom. The minimum Gasteiger partial charge on any atom is -0.396 e. The standard InChI is InChI=1S/C14H21NO2S/c1-10-5-4-6-13(7-10)15-14(17)12(3)18-9-11(2)8-16/h4-7,11-12,16H,8-9H2,1-3H3,(H,15,17). The molecule has 0 fully saturated rings. The van der Waals surface area contributed by atoms with Gasteiger partial charge in [0.15, 0.2) is 0 Å². The molecule has 0 spiro atoms. The molecule has 100 valence electrons. The number of amides is 1. The highest BCUT2D eigenvalue weighted by Crippen LogP contribution is 2.17. The molecule has 0 aromatic heterocycles. The minimum absolute atomic E-state index is 0.00994. The summed E-state index contributed by atoms with van der Waals surface area (Å²) in [5.74, 6) is 1.03. The highest BCUT2D eigenvalue weighted by atomic mass is 32.2. The molecule has 0 aliphatic heterocycles. The van der Waals surface area contributed by atoms with E-state index in [0.29, 0.717) is 0 Å². The number of aliphatic hydroxyl groups excluding tert-OH is 1. The van der Waals surface area contributed by atoms with E-state index in [1.807, 2.05) is 45.0 Å². The van der Waals surface area contributed by atoms with Crippen molar-refractivity contribution >= 4 is 23.4 Å². The Balaban J connectivity index is 2.45. The van der Waals surface area contributed by atoms with Gasteiger partial charge in [0.2, 0.25) is 5.91 Å². The maximum Gasteiger partial charge on any atom is 0.237 e. The Morgan fingerprint density at radius 3 is 2.78 bits per heavy atom. The highest BCUT2D eigenvalue weighted by Gasteiger charge is 2.14. The van der Waals surface area contributed by atoms with Crippen LogP contribution in [0.2, 0.25) is 0 Å². The first-order valence-electron chi connectivity index (χ1n) is 6.13. The largest absolute Gasteiger partial charge is 0.396 e. The molecule has 0 aliphatic rings. The van der Waals surface area contributed by atoms with Gasteiger partial charge in [-0.15, -0.1) is 11.8 Å². The van der Waals surface area contributed by atoms with E-state index in [1.165, 1.54) is 0 Å². The number of hydrogen-bond donors (Lipinski definition) is 2. The molecular weight excluding hydrogens is 246 g/mol. The Morgan fingerprint density at radius 1 is 1.44 bits per heavy atom. The van der Waals surface area contributed by atoms with Crippen molar-refractivity contribution in [3.63, 3.8) is 0 Å². The predicted octanol–water partition coefficient (Wildman–Crippen LogP) is 2.68. The van der Waals surface area contributed by atoms with Gasteiger partial charge in [0.25, 0.3) is 0 Å². The second-order valence-corrected chi connectivity index (χ2v) is 6.00. The van der Waals surface area contributed by atoms with Crippen LogP contribution in [0.25, 0.3) is 0 Å². The summed E-state index contributed by atoms with van der Waals surface area (Å²) in [5.41, 5.74) is 1.96. The molecule has 0 radical (unpaired) electrons. The summed E-state index contributed by atoms with van der Waals surface area (Å²) in [7, 11) is 0. The molecule has 1 rings (SSSR count). The number of aryl methyl sites for hydroxylation is 1. The quantitative estimate of drug-likeness (QED) is 0.833. The van der Waals surface area contributed by atoms with Gasteiger partial charge in [0.1, 0.15) is 0 Å². The first kappa shape index (κ1) is 15.1. The molecule has 0 saturated heterocycles. The van der Waals surface area contributed by atoms with Crippen LogP contribution in [0.15, 0.2) is 24.3 Å². The fourth-order valence-corrected chi connectivity index (χ4v) is 2.34. The second-order valence-electron chi connectivity index (χ2n) is 4.62. The molecule has 0 heterocycles. The third-order valence-corrected chi connectivity index (χ3v) is 4.07. The molecule has 1 amide bonds. The normalized spacial score (nSPS) is 14.0. The van der Waals surface area contributed by atoms with Gasteiger partial charge in [0, 0.05) is 12.3 Å². The first-order valence-corrected chi connectivity index (χ1v) is 7.17.